The van der Waals surface area contributed by atoms with Crippen molar-refractivity contribution in [3.05, 3.63) is 0 Å². The van der Waals surface area contributed by atoms with Crippen molar-refractivity contribution in [2.75, 3.05) is 19.7 Å². The van der Waals surface area contributed by atoms with Crippen LogP contribution >= 0.6 is 0 Å². The number of nitrogens with zero attached hydrogens (tertiary/aromatic N) is 1. The van der Waals surface area contributed by atoms with Gasteiger partial charge in [0.1, 0.15) is 11.0 Å². The molecule has 1 amide bonds. The maximum Gasteiger partial charge on any atom is 0.410 e. The van der Waals surface area contributed by atoms with Gasteiger partial charge in [0.2, 0.25) is 0 Å². The molecular weight excluding hydrogens is 262 g/mol. The molecule has 1 N–H and O–H groups in total. The van der Waals surface area contributed by atoms with Crippen molar-refractivity contribution >= 4 is 12.1 Å². The van der Waals surface area contributed by atoms with Crippen molar-refractivity contribution in [1.29, 1.82) is 0 Å². The van der Waals surface area contributed by atoms with Crippen LogP contribution in [0.4, 0.5) is 4.79 Å². The molecule has 0 spiro atoms. The molecule has 2 fully saturated rings. The van der Waals surface area contributed by atoms with Crippen LogP contribution in [-0.2, 0) is 14.3 Å². The highest BCUT2D eigenvalue weighted by molar-refractivity contribution is 5.78. The zero-order valence-corrected chi connectivity index (χ0v) is 12.3. The number of aliphatic carboxylic acids is 1. The first-order valence-electron chi connectivity index (χ1n) is 7.07. The maximum atomic E-state index is 12.1. The molecule has 2 aliphatic heterocycles. The summed E-state index contributed by atoms with van der Waals surface area (Å²) in [5.74, 6) is -0.879. The molecule has 2 heterocycles. The van der Waals surface area contributed by atoms with Gasteiger partial charge in [0, 0.05) is 19.7 Å². The average molecular weight is 285 g/mol. The fourth-order valence-electron chi connectivity index (χ4n) is 2.96. The summed E-state index contributed by atoms with van der Waals surface area (Å²) in [5.41, 5.74) is -1.55. The number of fused-ring (bicyclic) bond motifs is 1. The van der Waals surface area contributed by atoms with Crippen LogP contribution in [0.5, 0.6) is 0 Å². The van der Waals surface area contributed by atoms with Gasteiger partial charge in [0.15, 0.2) is 0 Å². The van der Waals surface area contributed by atoms with Crippen LogP contribution in [0.2, 0.25) is 0 Å². The molecule has 2 aliphatic rings. The number of carbonyl (C=O) groups is 2. The summed E-state index contributed by atoms with van der Waals surface area (Å²) >= 11 is 0. The summed E-state index contributed by atoms with van der Waals surface area (Å²) < 4.78 is 11.0. The SMILES string of the molecule is CC(C)(C)OC(=O)N1CC[C@H]2OCCC[C@]2(C(=O)O)C1. The molecule has 20 heavy (non-hydrogen) atoms. The lowest BCUT2D eigenvalue weighted by atomic mass is 9.72. The third-order valence-corrected chi connectivity index (χ3v) is 3.91. The molecule has 0 aliphatic carbocycles. The Balaban J connectivity index is 2.12. The van der Waals surface area contributed by atoms with Crippen LogP contribution in [0.25, 0.3) is 0 Å². The molecule has 2 atom stereocenters. The van der Waals surface area contributed by atoms with Gasteiger partial charge in [-0.25, -0.2) is 4.79 Å². The molecule has 6 heteroatoms. The number of carbonyl (C=O) groups excluding carboxylic acids is 1. The van der Waals surface area contributed by atoms with Gasteiger partial charge in [-0.05, 0) is 40.0 Å². The van der Waals surface area contributed by atoms with E-state index in [0.717, 1.165) is 0 Å². The minimum absolute atomic E-state index is 0.169. The molecule has 2 saturated heterocycles. The quantitative estimate of drug-likeness (QED) is 0.796. The Labute approximate surface area is 119 Å². The molecule has 2 rings (SSSR count). The second-order valence-corrected chi connectivity index (χ2v) is 6.61. The normalized spacial score (nSPS) is 30.6. The summed E-state index contributed by atoms with van der Waals surface area (Å²) in [5, 5.41) is 9.60. The van der Waals surface area contributed by atoms with Gasteiger partial charge >= 0.3 is 12.1 Å². The van der Waals surface area contributed by atoms with Crippen molar-refractivity contribution in [3.8, 4) is 0 Å². The highest BCUT2D eigenvalue weighted by Crippen LogP contribution is 2.40. The number of piperidine rings is 1. The largest absolute Gasteiger partial charge is 0.481 e. The molecule has 0 radical (unpaired) electrons. The first kappa shape index (κ1) is 15.1. The average Bonchev–Trinajstić information content (AvgIpc) is 2.35. The molecule has 0 aromatic heterocycles. The smallest absolute Gasteiger partial charge is 0.410 e. The zero-order valence-electron chi connectivity index (χ0n) is 12.3. The van der Waals surface area contributed by atoms with Crippen LogP contribution in [0, 0.1) is 5.41 Å². The summed E-state index contributed by atoms with van der Waals surface area (Å²) in [7, 11) is 0. The predicted molar refractivity (Wildman–Crippen MR) is 71.5 cm³/mol. The van der Waals surface area contributed by atoms with Gasteiger partial charge in [0.25, 0.3) is 0 Å². The molecule has 0 saturated carbocycles. The van der Waals surface area contributed by atoms with Crippen LogP contribution in [-0.4, -0.2) is 53.5 Å². The van der Waals surface area contributed by atoms with Gasteiger partial charge in [-0.1, -0.05) is 0 Å². The minimum atomic E-state index is -0.979. The van der Waals surface area contributed by atoms with Gasteiger partial charge in [-0.3, -0.25) is 4.79 Å². The van der Waals surface area contributed by atoms with Gasteiger partial charge in [-0.2, -0.15) is 0 Å². The van der Waals surface area contributed by atoms with E-state index in [-0.39, 0.29) is 12.6 Å². The van der Waals surface area contributed by atoms with E-state index < -0.39 is 23.1 Å². The second kappa shape index (κ2) is 5.24. The molecular formula is C14H23NO5. The Morgan fingerprint density at radius 3 is 2.70 bits per heavy atom. The van der Waals surface area contributed by atoms with Crippen molar-refractivity contribution in [1.82, 2.24) is 4.90 Å². The lowest BCUT2D eigenvalue weighted by Gasteiger charge is -2.47. The molecule has 0 aromatic carbocycles. The summed E-state index contributed by atoms with van der Waals surface area (Å²) in [6.45, 7) is 6.65. The molecule has 0 aromatic rings. The number of amides is 1. The number of hydrogen-bond donors (Lipinski definition) is 1. The summed E-state index contributed by atoms with van der Waals surface area (Å²) in [6.07, 6.45) is 1.07. The summed E-state index contributed by atoms with van der Waals surface area (Å²) in [4.78, 5) is 25.3. The number of rotatable bonds is 1. The topological polar surface area (TPSA) is 76.1 Å². The van der Waals surface area contributed by atoms with E-state index in [1.54, 1.807) is 20.8 Å². The highest BCUT2D eigenvalue weighted by atomic mass is 16.6. The van der Waals surface area contributed by atoms with Crippen LogP contribution < -0.4 is 0 Å². The van der Waals surface area contributed by atoms with E-state index in [1.807, 2.05) is 0 Å². The number of likely N-dealkylation sites (tertiary alicyclic amines) is 1. The van der Waals surface area contributed by atoms with Gasteiger partial charge < -0.3 is 19.5 Å². The van der Waals surface area contributed by atoms with E-state index in [2.05, 4.69) is 0 Å². The van der Waals surface area contributed by atoms with Crippen LogP contribution in [0.3, 0.4) is 0 Å². The van der Waals surface area contributed by atoms with E-state index in [1.165, 1.54) is 4.90 Å². The first-order chi connectivity index (χ1) is 9.24. The number of ether oxygens (including phenoxy) is 2. The standard InChI is InChI=1S/C14H23NO5/c1-13(2,3)20-12(18)15-7-5-10-14(9-15,11(16)17)6-4-8-19-10/h10H,4-9H2,1-3H3,(H,16,17)/t10-,14+/m1/s1. The Morgan fingerprint density at radius 1 is 1.40 bits per heavy atom. The van der Waals surface area contributed by atoms with E-state index in [9.17, 15) is 14.7 Å². The van der Waals surface area contributed by atoms with E-state index in [4.69, 9.17) is 9.47 Å². The van der Waals surface area contributed by atoms with Gasteiger partial charge in [-0.15, -0.1) is 0 Å². The number of hydrogen-bond acceptors (Lipinski definition) is 4. The number of carboxylic acid groups (broad SMARTS) is 1. The van der Waals surface area contributed by atoms with Crippen molar-refractivity contribution in [2.24, 2.45) is 5.41 Å². The molecule has 0 bridgehead atoms. The zero-order chi connectivity index (χ0) is 15.0. The molecule has 114 valence electrons. The monoisotopic (exact) mass is 285 g/mol. The molecule has 0 unspecified atom stereocenters. The minimum Gasteiger partial charge on any atom is -0.481 e. The van der Waals surface area contributed by atoms with Crippen molar-refractivity contribution in [3.63, 3.8) is 0 Å². The lowest BCUT2D eigenvalue weighted by Crippen LogP contribution is -2.60. The van der Waals surface area contributed by atoms with Crippen LogP contribution in [0.15, 0.2) is 0 Å². The number of carboxylic acids is 1. The van der Waals surface area contributed by atoms with Crippen molar-refractivity contribution < 1.29 is 24.2 Å². The Hall–Kier alpha value is -1.30. The fourth-order valence-corrected chi connectivity index (χ4v) is 2.96. The molecule has 6 nitrogen and oxygen atoms in total. The fraction of sp³-hybridized carbons (Fsp3) is 0.857. The Kier molecular flexibility index (Phi) is 3.95. The predicted octanol–water partition coefficient (Wildman–Crippen LogP) is 1.88. The third-order valence-electron chi connectivity index (χ3n) is 3.91. The lowest BCUT2D eigenvalue weighted by molar-refractivity contribution is -0.177. The van der Waals surface area contributed by atoms with Crippen LogP contribution in [0.1, 0.15) is 40.0 Å². The van der Waals surface area contributed by atoms with E-state index >= 15 is 0 Å². The van der Waals surface area contributed by atoms with Crippen molar-refractivity contribution in [2.45, 2.75) is 51.7 Å². The Morgan fingerprint density at radius 2 is 2.10 bits per heavy atom. The second-order valence-electron chi connectivity index (χ2n) is 6.61. The highest BCUT2D eigenvalue weighted by Gasteiger charge is 2.53. The first-order valence-corrected chi connectivity index (χ1v) is 7.07. The Bertz CT molecular complexity index is 403. The maximum absolute atomic E-state index is 12.1. The van der Waals surface area contributed by atoms with E-state index in [0.29, 0.717) is 32.4 Å². The summed E-state index contributed by atoms with van der Waals surface area (Å²) in [6, 6.07) is 0. The van der Waals surface area contributed by atoms with Gasteiger partial charge in [0.05, 0.1) is 6.10 Å². The third kappa shape index (κ3) is 2.90.